The SMILES string of the molecule is COc1ccc(C(=O)Nc2cccc(S(=O)(=O)NC3CC3)c2)cc1S(=O)(=O)NC(C)C. The van der Waals surface area contributed by atoms with Crippen LogP contribution in [0.4, 0.5) is 5.69 Å². The fourth-order valence-electron chi connectivity index (χ4n) is 2.83. The topological polar surface area (TPSA) is 131 Å². The summed E-state index contributed by atoms with van der Waals surface area (Å²) in [5, 5.41) is 2.61. The highest BCUT2D eigenvalue weighted by Gasteiger charge is 2.28. The van der Waals surface area contributed by atoms with E-state index in [0.717, 1.165) is 12.8 Å². The van der Waals surface area contributed by atoms with E-state index in [9.17, 15) is 21.6 Å². The second-order valence-corrected chi connectivity index (χ2v) is 10.9. The first-order chi connectivity index (χ1) is 14.5. The van der Waals surface area contributed by atoms with Gasteiger partial charge in [0.25, 0.3) is 5.91 Å². The lowest BCUT2D eigenvalue weighted by atomic mass is 10.2. The minimum Gasteiger partial charge on any atom is -0.495 e. The molecule has 1 aliphatic rings. The summed E-state index contributed by atoms with van der Waals surface area (Å²) >= 11 is 0. The molecule has 0 saturated heterocycles. The van der Waals surface area contributed by atoms with E-state index in [0.29, 0.717) is 0 Å². The normalized spacial score (nSPS) is 14.5. The molecule has 0 unspecified atom stereocenters. The molecule has 1 amide bonds. The van der Waals surface area contributed by atoms with Crippen molar-refractivity contribution in [1.82, 2.24) is 9.44 Å². The standard InChI is InChI=1S/C20H25N3O6S2/c1-13(2)22-31(27,28)19-11-14(7-10-18(19)29-3)20(24)21-16-5-4-6-17(12-16)30(25,26)23-15-8-9-15/h4-7,10-13,15,22-23H,8-9H2,1-3H3,(H,21,24). The average Bonchev–Trinajstić information content (AvgIpc) is 3.50. The number of sulfonamides is 2. The van der Waals surface area contributed by atoms with Gasteiger partial charge in [-0.2, -0.15) is 0 Å². The Morgan fingerprint density at radius 3 is 2.35 bits per heavy atom. The van der Waals surface area contributed by atoms with Crippen LogP contribution in [0.5, 0.6) is 5.75 Å². The van der Waals surface area contributed by atoms with Crippen molar-refractivity contribution in [2.45, 2.75) is 48.6 Å². The number of carbonyl (C=O) groups is 1. The van der Waals surface area contributed by atoms with Crippen LogP contribution in [0, 0.1) is 0 Å². The quantitative estimate of drug-likeness (QED) is 0.518. The monoisotopic (exact) mass is 467 g/mol. The van der Waals surface area contributed by atoms with E-state index in [1.165, 1.54) is 43.5 Å². The number of benzene rings is 2. The first kappa shape index (κ1) is 23.2. The molecule has 168 valence electrons. The molecule has 9 nitrogen and oxygen atoms in total. The number of anilines is 1. The summed E-state index contributed by atoms with van der Waals surface area (Å²) in [6.45, 7) is 3.36. The van der Waals surface area contributed by atoms with E-state index >= 15 is 0 Å². The molecule has 1 aliphatic carbocycles. The van der Waals surface area contributed by atoms with Crippen molar-refractivity contribution >= 4 is 31.6 Å². The maximum absolute atomic E-state index is 12.7. The lowest BCUT2D eigenvalue weighted by molar-refractivity contribution is 0.102. The fourth-order valence-corrected chi connectivity index (χ4v) is 5.63. The highest BCUT2D eigenvalue weighted by Crippen LogP contribution is 2.26. The van der Waals surface area contributed by atoms with Gasteiger partial charge in [-0.15, -0.1) is 0 Å². The Hall–Kier alpha value is -2.47. The number of hydrogen-bond acceptors (Lipinski definition) is 6. The molecule has 0 radical (unpaired) electrons. The predicted octanol–water partition coefficient (Wildman–Crippen LogP) is 2.07. The lowest BCUT2D eigenvalue weighted by Crippen LogP contribution is -2.30. The van der Waals surface area contributed by atoms with Gasteiger partial charge in [-0.05, 0) is 63.1 Å². The number of carbonyl (C=O) groups excluding carboxylic acids is 1. The van der Waals surface area contributed by atoms with Gasteiger partial charge < -0.3 is 10.1 Å². The van der Waals surface area contributed by atoms with E-state index in [2.05, 4.69) is 14.8 Å². The van der Waals surface area contributed by atoms with Gasteiger partial charge in [-0.3, -0.25) is 4.79 Å². The minimum absolute atomic E-state index is 0.0383. The van der Waals surface area contributed by atoms with Gasteiger partial charge in [-0.1, -0.05) is 6.07 Å². The molecule has 1 saturated carbocycles. The summed E-state index contributed by atoms with van der Waals surface area (Å²) in [6, 6.07) is 9.52. The number of ether oxygens (including phenoxy) is 1. The zero-order valence-electron chi connectivity index (χ0n) is 17.4. The van der Waals surface area contributed by atoms with E-state index in [1.807, 2.05) is 0 Å². The molecule has 1 fully saturated rings. The molecule has 11 heteroatoms. The fraction of sp³-hybridized carbons (Fsp3) is 0.350. The zero-order chi connectivity index (χ0) is 22.8. The Morgan fingerprint density at radius 1 is 1.03 bits per heavy atom. The third-order valence-corrected chi connectivity index (χ3v) is 7.61. The molecular weight excluding hydrogens is 442 g/mol. The predicted molar refractivity (Wildman–Crippen MR) is 116 cm³/mol. The van der Waals surface area contributed by atoms with Gasteiger partial charge in [0, 0.05) is 23.3 Å². The van der Waals surface area contributed by atoms with Gasteiger partial charge in [0.2, 0.25) is 20.0 Å². The number of rotatable bonds is 9. The number of nitrogens with one attached hydrogen (secondary N) is 3. The Balaban J connectivity index is 1.85. The zero-order valence-corrected chi connectivity index (χ0v) is 19.0. The Kier molecular flexibility index (Phi) is 6.70. The van der Waals surface area contributed by atoms with Crippen LogP contribution in [-0.2, 0) is 20.0 Å². The van der Waals surface area contributed by atoms with Crippen LogP contribution in [0.3, 0.4) is 0 Å². The molecule has 0 aliphatic heterocycles. The van der Waals surface area contributed by atoms with E-state index in [1.54, 1.807) is 19.9 Å². The van der Waals surface area contributed by atoms with Crippen LogP contribution in [0.15, 0.2) is 52.3 Å². The first-order valence-corrected chi connectivity index (χ1v) is 12.6. The molecule has 0 bridgehead atoms. The molecule has 0 atom stereocenters. The van der Waals surface area contributed by atoms with Crippen molar-refractivity contribution in [3.8, 4) is 5.75 Å². The van der Waals surface area contributed by atoms with Crippen molar-refractivity contribution in [1.29, 1.82) is 0 Å². The second kappa shape index (κ2) is 8.95. The van der Waals surface area contributed by atoms with E-state index in [-0.39, 0.29) is 38.9 Å². The molecule has 0 heterocycles. The summed E-state index contributed by atoms with van der Waals surface area (Å²) in [4.78, 5) is 12.6. The van der Waals surface area contributed by atoms with Gasteiger partial charge in [0.15, 0.2) is 0 Å². The van der Waals surface area contributed by atoms with Crippen LogP contribution in [-0.4, -0.2) is 41.9 Å². The highest BCUT2D eigenvalue weighted by atomic mass is 32.2. The Bertz CT molecular complexity index is 1190. The van der Waals surface area contributed by atoms with Gasteiger partial charge in [0.1, 0.15) is 10.6 Å². The Morgan fingerprint density at radius 2 is 1.74 bits per heavy atom. The summed E-state index contributed by atoms with van der Waals surface area (Å²) < 4.78 is 60.2. The maximum Gasteiger partial charge on any atom is 0.255 e. The molecule has 31 heavy (non-hydrogen) atoms. The third-order valence-electron chi connectivity index (χ3n) is 4.41. The smallest absolute Gasteiger partial charge is 0.255 e. The first-order valence-electron chi connectivity index (χ1n) is 9.66. The van der Waals surface area contributed by atoms with Gasteiger partial charge >= 0.3 is 0 Å². The summed E-state index contributed by atoms with van der Waals surface area (Å²) in [6.07, 6.45) is 1.62. The summed E-state index contributed by atoms with van der Waals surface area (Å²) in [5.41, 5.74) is 0.346. The third kappa shape index (κ3) is 5.82. The summed E-state index contributed by atoms with van der Waals surface area (Å²) in [7, 11) is -6.24. The van der Waals surface area contributed by atoms with Crippen molar-refractivity contribution in [2.75, 3.05) is 12.4 Å². The van der Waals surface area contributed by atoms with Crippen molar-refractivity contribution in [2.24, 2.45) is 0 Å². The van der Waals surface area contributed by atoms with Crippen LogP contribution in [0.25, 0.3) is 0 Å². The van der Waals surface area contributed by atoms with E-state index < -0.39 is 26.0 Å². The second-order valence-electron chi connectivity index (χ2n) is 7.52. The molecular formula is C20H25N3O6S2. The van der Waals surface area contributed by atoms with Crippen LogP contribution < -0.4 is 19.5 Å². The van der Waals surface area contributed by atoms with Gasteiger partial charge in [0.05, 0.1) is 12.0 Å². The van der Waals surface area contributed by atoms with Crippen LogP contribution >= 0.6 is 0 Å². The minimum atomic E-state index is -3.91. The molecule has 2 aromatic rings. The Labute approximate surface area is 182 Å². The van der Waals surface area contributed by atoms with Crippen molar-refractivity contribution < 1.29 is 26.4 Å². The number of hydrogen-bond donors (Lipinski definition) is 3. The highest BCUT2D eigenvalue weighted by molar-refractivity contribution is 7.89. The lowest BCUT2D eigenvalue weighted by Gasteiger charge is -2.14. The van der Waals surface area contributed by atoms with Crippen LogP contribution in [0.1, 0.15) is 37.0 Å². The molecule has 0 aromatic heterocycles. The summed E-state index contributed by atoms with van der Waals surface area (Å²) in [5.74, 6) is -0.489. The van der Waals surface area contributed by atoms with Crippen molar-refractivity contribution in [3.05, 3.63) is 48.0 Å². The largest absolute Gasteiger partial charge is 0.495 e. The number of methoxy groups -OCH3 is 1. The van der Waals surface area contributed by atoms with Gasteiger partial charge in [-0.25, -0.2) is 26.3 Å². The van der Waals surface area contributed by atoms with E-state index in [4.69, 9.17) is 4.74 Å². The number of amides is 1. The molecule has 2 aromatic carbocycles. The van der Waals surface area contributed by atoms with Crippen molar-refractivity contribution in [3.63, 3.8) is 0 Å². The molecule has 3 rings (SSSR count). The maximum atomic E-state index is 12.7. The molecule has 3 N–H and O–H groups in total. The molecule has 0 spiro atoms. The van der Waals surface area contributed by atoms with Crippen LogP contribution in [0.2, 0.25) is 0 Å². The average molecular weight is 468 g/mol.